The molecule has 74 valence electrons. The Hall–Kier alpha value is 0.671. The Morgan fingerprint density at radius 3 is 2.40 bits per heavy atom. The second-order valence-corrected chi connectivity index (χ2v) is 4.38. The van der Waals surface area contributed by atoms with Gasteiger partial charge in [-0.2, -0.15) is 11.3 Å². The molecule has 2 aromatic rings. The molecule has 0 N–H and O–H groups in total. The zero-order chi connectivity index (χ0) is 10.3. The molecule has 15 heavy (non-hydrogen) atoms. The van der Waals surface area contributed by atoms with Crippen LogP contribution in [0.15, 0.2) is 24.3 Å². The van der Waals surface area contributed by atoms with Gasteiger partial charge in [0, 0.05) is 4.70 Å². The molecular weight excluding hydrogens is 247 g/mol. The molecule has 1 heterocycles. The van der Waals surface area contributed by atoms with Gasteiger partial charge in [-0.1, -0.05) is 23.0 Å². The fraction of sp³-hybridized carbons (Fsp3) is 0.111. The van der Waals surface area contributed by atoms with Crippen molar-refractivity contribution in [2.45, 2.75) is 6.92 Å². The number of hydrogen-bond donors (Lipinski definition) is 0. The number of rotatable bonds is 1. The fourth-order valence-corrected chi connectivity index (χ4v) is 2.38. The van der Waals surface area contributed by atoms with Gasteiger partial charge in [0.25, 0.3) is 0 Å². The zero-order valence-electron chi connectivity index (χ0n) is 8.43. The average molecular weight is 254 g/mol. The minimum atomic E-state index is -4.85. The van der Waals surface area contributed by atoms with Crippen molar-refractivity contribution in [3.8, 4) is 0 Å². The third-order valence-electron chi connectivity index (χ3n) is 2.02. The van der Waals surface area contributed by atoms with Gasteiger partial charge in [0.05, 0.1) is 0 Å². The molecule has 1 aromatic carbocycles. The number of benzene rings is 1. The summed E-state index contributed by atoms with van der Waals surface area (Å²) in [6.07, 6.45) is 0. The molecule has 6 heteroatoms. The normalized spacial score (nSPS) is 11.5. The Morgan fingerprint density at radius 2 is 1.80 bits per heavy atom. The smallest absolute Gasteiger partial charge is 0.444 e. The molecule has 0 fully saturated rings. The van der Waals surface area contributed by atoms with Crippen LogP contribution in [0.3, 0.4) is 0 Å². The number of hydrogen-bond acceptors (Lipinski definition) is 1. The largest absolute Gasteiger partial charge is 1.00 e. The van der Waals surface area contributed by atoms with E-state index in [2.05, 4.69) is 0 Å². The molecule has 0 saturated heterocycles. The minimum absolute atomic E-state index is 0. The first-order valence-corrected chi connectivity index (χ1v) is 4.98. The summed E-state index contributed by atoms with van der Waals surface area (Å²) in [5.74, 6) is 0. The topological polar surface area (TPSA) is 0 Å². The summed E-state index contributed by atoms with van der Waals surface area (Å²) < 4.78 is 37.4. The van der Waals surface area contributed by atoms with Crippen LogP contribution in [-0.4, -0.2) is 6.98 Å². The Morgan fingerprint density at radius 1 is 1.13 bits per heavy atom. The molecule has 0 radical (unpaired) electrons. The number of thiophene rings is 1. The maximum Gasteiger partial charge on any atom is 1.00 e. The predicted octanol–water partition coefficient (Wildman–Crippen LogP) is 0.268. The minimum Gasteiger partial charge on any atom is -0.444 e. The van der Waals surface area contributed by atoms with Gasteiger partial charge in [-0.3, -0.25) is 0 Å². The van der Waals surface area contributed by atoms with Crippen LogP contribution in [0.1, 0.15) is 5.56 Å². The van der Waals surface area contributed by atoms with Crippen molar-refractivity contribution < 1.29 is 64.3 Å². The van der Waals surface area contributed by atoms with E-state index in [0.29, 0.717) is 10.1 Å². The molecule has 0 atom stereocenters. The maximum atomic E-state index is 12.4. The van der Waals surface area contributed by atoms with Crippen molar-refractivity contribution in [2.24, 2.45) is 0 Å². The molecule has 0 aliphatic carbocycles. The summed E-state index contributed by atoms with van der Waals surface area (Å²) in [7, 11) is 0. The number of halogens is 3. The second kappa shape index (κ2) is 4.89. The van der Waals surface area contributed by atoms with E-state index in [1.165, 1.54) is 6.07 Å². The van der Waals surface area contributed by atoms with E-state index in [1.807, 2.05) is 13.0 Å². The first kappa shape index (κ1) is 13.7. The van der Waals surface area contributed by atoms with Gasteiger partial charge in [0.15, 0.2) is 0 Å². The van der Waals surface area contributed by atoms with Gasteiger partial charge >= 0.3 is 58.4 Å². The van der Waals surface area contributed by atoms with E-state index in [0.717, 1.165) is 16.9 Å². The Balaban J connectivity index is 0.00000112. The molecule has 0 nitrogen and oxygen atoms in total. The summed E-state index contributed by atoms with van der Waals surface area (Å²) in [6, 6.07) is 6.56. The van der Waals surface area contributed by atoms with Crippen molar-refractivity contribution in [2.75, 3.05) is 0 Å². The van der Waals surface area contributed by atoms with Gasteiger partial charge in [-0.25, -0.2) is 0 Å². The number of aryl methyl sites for hydroxylation is 1. The van der Waals surface area contributed by atoms with Crippen LogP contribution in [0.5, 0.6) is 0 Å². The van der Waals surface area contributed by atoms with E-state index >= 15 is 0 Å². The van der Waals surface area contributed by atoms with Crippen molar-refractivity contribution in [1.29, 1.82) is 0 Å². The Labute approximate surface area is 132 Å². The van der Waals surface area contributed by atoms with Gasteiger partial charge in [-0.05, 0) is 23.9 Å². The monoisotopic (exact) mass is 254 g/mol. The fourth-order valence-electron chi connectivity index (χ4n) is 1.32. The van der Waals surface area contributed by atoms with E-state index in [-0.39, 0.29) is 51.4 Å². The van der Waals surface area contributed by atoms with E-state index in [4.69, 9.17) is 0 Å². The average Bonchev–Trinajstić information content (AvgIpc) is 2.45. The van der Waals surface area contributed by atoms with Gasteiger partial charge in [0.2, 0.25) is 0 Å². The van der Waals surface area contributed by atoms with Crippen molar-refractivity contribution >= 4 is 33.2 Å². The van der Waals surface area contributed by atoms with Gasteiger partial charge in [0.1, 0.15) is 0 Å². The third-order valence-corrected chi connectivity index (χ3v) is 3.21. The van der Waals surface area contributed by atoms with Crippen LogP contribution in [0.25, 0.3) is 10.1 Å². The molecule has 0 aliphatic heterocycles. The van der Waals surface area contributed by atoms with Crippen LogP contribution in [0.2, 0.25) is 0 Å². The molecule has 2 rings (SSSR count). The summed E-state index contributed by atoms with van der Waals surface area (Å²) >= 11 is 0.821. The first-order chi connectivity index (χ1) is 6.47. The summed E-state index contributed by atoms with van der Waals surface area (Å²) in [6.45, 7) is -2.98. The Kier molecular flexibility index (Phi) is 4.48. The van der Waals surface area contributed by atoms with Crippen molar-refractivity contribution in [1.82, 2.24) is 0 Å². The van der Waals surface area contributed by atoms with E-state index in [1.54, 1.807) is 12.1 Å². The second-order valence-electron chi connectivity index (χ2n) is 3.26. The SMILES string of the molecule is Cc1ccc2cc([B-](F)(F)F)sc2c1.[K+]. The molecule has 1 aromatic heterocycles. The zero-order valence-corrected chi connectivity index (χ0v) is 12.4. The summed E-state index contributed by atoms with van der Waals surface area (Å²) in [4.78, 5) is 0. The Bertz CT molecular complexity index is 478. The molecular formula is C9H7BF3KS. The molecule has 0 unspecified atom stereocenters. The first-order valence-electron chi connectivity index (χ1n) is 4.17. The van der Waals surface area contributed by atoms with Crippen LogP contribution in [0.4, 0.5) is 12.9 Å². The molecule has 0 bridgehead atoms. The standard InChI is InChI=1S/C9H7BF3S.K/c1-6-2-3-7-5-9(10(11,12)13)14-8(7)4-6;/h2-5H,1H3;/q-1;+1. The summed E-state index contributed by atoms with van der Waals surface area (Å²) in [5, 5.41) is 0.676. The van der Waals surface area contributed by atoms with Crippen LogP contribution in [0, 0.1) is 6.92 Å². The van der Waals surface area contributed by atoms with Gasteiger partial charge in [-0.15, -0.1) is 0 Å². The van der Waals surface area contributed by atoms with E-state index < -0.39 is 11.8 Å². The maximum absolute atomic E-state index is 12.4. The number of fused-ring (bicyclic) bond motifs is 1. The molecule has 0 aliphatic rings. The quantitative estimate of drug-likeness (QED) is 0.641. The summed E-state index contributed by atoms with van der Waals surface area (Å²) in [5.41, 5.74) is 0.987. The predicted molar refractivity (Wildman–Crippen MR) is 55.3 cm³/mol. The van der Waals surface area contributed by atoms with E-state index in [9.17, 15) is 12.9 Å². The molecule has 0 spiro atoms. The third kappa shape index (κ3) is 3.08. The van der Waals surface area contributed by atoms with Crippen LogP contribution in [-0.2, 0) is 0 Å². The van der Waals surface area contributed by atoms with Crippen molar-refractivity contribution in [3.63, 3.8) is 0 Å². The van der Waals surface area contributed by atoms with Crippen LogP contribution >= 0.6 is 11.3 Å². The molecule has 0 amide bonds. The molecule has 0 saturated carbocycles. The van der Waals surface area contributed by atoms with Gasteiger partial charge < -0.3 is 12.9 Å². The van der Waals surface area contributed by atoms with Crippen LogP contribution < -0.4 is 56.2 Å². The van der Waals surface area contributed by atoms with Crippen molar-refractivity contribution in [3.05, 3.63) is 29.8 Å².